The molecule has 0 aliphatic heterocycles. The van der Waals surface area contributed by atoms with Crippen LogP contribution in [0.2, 0.25) is 0 Å². The number of ether oxygens (including phenoxy) is 1. The van der Waals surface area contributed by atoms with E-state index in [9.17, 15) is 4.79 Å². The molecule has 4 rings (SSSR count). The highest BCUT2D eigenvalue weighted by atomic mass is 79.9. The molecule has 0 amide bonds. The minimum absolute atomic E-state index is 0.0510. The molecule has 138 valence electrons. The zero-order valence-corrected chi connectivity index (χ0v) is 16.2. The van der Waals surface area contributed by atoms with Gasteiger partial charge in [-0.25, -0.2) is 4.98 Å². The smallest absolute Gasteiger partial charge is 0.191 e. The van der Waals surface area contributed by atoms with Gasteiger partial charge in [-0.1, -0.05) is 34.1 Å². The normalized spacial score (nSPS) is 15.9. The summed E-state index contributed by atoms with van der Waals surface area (Å²) in [6.45, 7) is 0.600. The summed E-state index contributed by atoms with van der Waals surface area (Å²) in [5.41, 5.74) is 3.35. The quantitative estimate of drug-likeness (QED) is 0.646. The van der Waals surface area contributed by atoms with Gasteiger partial charge in [0.15, 0.2) is 17.6 Å². The minimum Gasteiger partial charge on any atom is -0.444 e. The molecule has 1 atom stereocenters. The molecule has 2 N–H and O–H groups in total. The zero-order valence-electron chi connectivity index (χ0n) is 14.7. The number of H-pyrrole nitrogens is 1. The first-order valence-corrected chi connectivity index (χ1v) is 9.31. The Labute approximate surface area is 164 Å². The molecule has 0 saturated heterocycles. The van der Waals surface area contributed by atoms with Crippen molar-refractivity contribution in [1.82, 2.24) is 9.97 Å². The van der Waals surface area contributed by atoms with Crippen LogP contribution in [0.1, 0.15) is 22.6 Å². The monoisotopic (exact) mass is 427 g/mol. The summed E-state index contributed by atoms with van der Waals surface area (Å²) in [6.07, 6.45) is 5.17. The molecule has 2 aromatic heterocycles. The van der Waals surface area contributed by atoms with Crippen LogP contribution >= 0.6 is 15.9 Å². The van der Waals surface area contributed by atoms with Gasteiger partial charge in [0.2, 0.25) is 0 Å². The first kappa shape index (κ1) is 17.8. The van der Waals surface area contributed by atoms with Crippen molar-refractivity contribution in [2.75, 3.05) is 12.4 Å². The summed E-state index contributed by atoms with van der Waals surface area (Å²) in [4.78, 5) is 20.0. The van der Waals surface area contributed by atoms with Crippen LogP contribution in [-0.2, 0) is 17.7 Å². The highest BCUT2D eigenvalue weighted by molar-refractivity contribution is 9.10. The second-order valence-corrected chi connectivity index (χ2v) is 7.13. The molecule has 6 nitrogen and oxygen atoms in total. The summed E-state index contributed by atoms with van der Waals surface area (Å²) >= 11 is 3.54. The largest absolute Gasteiger partial charge is 0.444 e. The third-order valence-corrected chi connectivity index (χ3v) is 5.39. The van der Waals surface area contributed by atoms with Gasteiger partial charge in [-0.3, -0.25) is 4.79 Å². The molecule has 1 aromatic carbocycles. The van der Waals surface area contributed by atoms with Crippen molar-refractivity contribution in [3.05, 3.63) is 80.2 Å². The number of benzene rings is 1. The summed E-state index contributed by atoms with van der Waals surface area (Å²) in [6, 6.07) is 9.55. The highest BCUT2D eigenvalue weighted by Gasteiger charge is 2.26. The molecule has 0 bridgehead atoms. The number of anilines is 1. The molecule has 1 aliphatic rings. The maximum Gasteiger partial charge on any atom is 0.191 e. The van der Waals surface area contributed by atoms with Gasteiger partial charge in [-0.05, 0) is 17.7 Å². The molecule has 0 radical (unpaired) electrons. The van der Waals surface area contributed by atoms with Gasteiger partial charge in [0.1, 0.15) is 5.82 Å². The first-order chi connectivity index (χ1) is 13.2. The molecular formula is C20H18BrN3O3. The Morgan fingerprint density at radius 2 is 2.26 bits per heavy atom. The zero-order chi connectivity index (χ0) is 18.8. The number of nitrogens with zero attached hydrogens (tertiary/aromatic N) is 1. The lowest BCUT2D eigenvalue weighted by Crippen LogP contribution is -2.25. The van der Waals surface area contributed by atoms with Crippen LogP contribution in [0.5, 0.6) is 0 Å². The number of halogens is 1. The van der Waals surface area contributed by atoms with E-state index in [0.29, 0.717) is 30.1 Å². The Balaban J connectivity index is 1.64. The van der Waals surface area contributed by atoms with E-state index in [1.807, 2.05) is 30.3 Å². The van der Waals surface area contributed by atoms with Gasteiger partial charge < -0.3 is 19.5 Å². The van der Waals surface area contributed by atoms with Crippen LogP contribution in [0.25, 0.3) is 11.6 Å². The second-order valence-electron chi connectivity index (χ2n) is 6.28. The third-order valence-electron chi connectivity index (χ3n) is 4.62. The molecule has 0 saturated carbocycles. The van der Waals surface area contributed by atoms with Crippen LogP contribution in [0, 0.1) is 0 Å². The fourth-order valence-corrected chi connectivity index (χ4v) is 3.64. The molecule has 27 heavy (non-hydrogen) atoms. The topological polar surface area (TPSA) is 80.1 Å². The van der Waals surface area contributed by atoms with E-state index in [2.05, 4.69) is 31.2 Å². The average Bonchev–Trinajstić information content (AvgIpc) is 3.21. The molecular weight excluding hydrogens is 410 g/mol. The number of pyridine rings is 1. The Morgan fingerprint density at radius 1 is 1.41 bits per heavy atom. The van der Waals surface area contributed by atoms with Crippen LogP contribution in [0.15, 0.2) is 56.6 Å². The molecule has 1 aliphatic carbocycles. The maximum absolute atomic E-state index is 12.7. The predicted molar refractivity (Wildman–Crippen MR) is 107 cm³/mol. The van der Waals surface area contributed by atoms with E-state index in [1.165, 1.54) is 6.39 Å². The molecule has 3 aromatic rings. The lowest BCUT2D eigenvalue weighted by Gasteiger charge is -2.24. The fourth-order valence-electron chi connectivity index (χ4n) is 3.21. The fraction of sp³-hybridized carbons (Fsp3) is 0.200. The van der Waals surface area contributed by atoms with Gasteiger partial charge in [0, 0.05) is 47.4 Å². The van der Waals surface area contributed by atoms with Crippen LogP contribution in [0.3, 0.4) is 0 Å². The summed E-state index contributed by atoms with van der Waals surface area (Å²) in [5, 5.41) is 3.29. The number of oxazole rings is 1. The van der Waals surface area contributed by atoms with Gasteiger partial charge in [0.25, 0.3) is 0 Å². The van der Waals surface area contributed by atoms with E-state index in [-0.39, 0.29) is 11.5 Å². The molecule has 7 heteroatoms. The minimum atomic E-state index is -0.209. The van der Waals surface area contributed by atoms with Crippen molar-refractivity contribution in [2.45, 2.75) is 19.1 Å². The number of nitrogens with one attached hydrogen (secondary N) is 2. The van der Waals surface area contributed by atoms with E-state index < -0.39 is 0 Å². The summed E-state index contributed by atoms with van der Waals surface area (Å²) in [7, 11) is 1.65. The van der Waals surface area contributed by atoms with Gasteiger partial charge in [0.05, 0.1) is 12.3 Å². The number of fused-ring (bicyclic) bond motifs is 1. The molecule has 0 fully saturated rings. The number of hydrogen-bond acceptors (Lipinski definition) is 5. The Morgan fingerprint density at radius 3 is 3.00 bits per heavy atom. The molecule has 2 heterocycles. The number of hydrogen-bond donors (Lipinski definition) is 2. The molecule has 1 unspecified atom stereocenters. The highest BCUT2D eigenvalue weighted by Crippen LogP contribution is 2.30. The Hall–Kier alpha value is -2.64. The van der Waals surface area contributed by atoms with Crippen molar-refractivity contribution in [1.29, 1.82) is 0 Å². The van der Waals surface area contributed by atoms with Gasteiger partial charge in [-0.15, -0.1) is 0 Å². The maximum atomic E-state index is 12.7. The lowest BCUT2D eigenvalue weighted by molar-refractivity contribution is 0.146. The Kier molecular flexibility index (Phi) is 4.96. The summed E-state index contributed by atoms with van der Waals surface area (Å²) < 4.78 is 12.0. The number of methoxy groups -OCH3 is 1. The van der Waals surface area contributed by atoms with E-state index in [4.69, 9.17) is 9.15 Å². The van der Waals surface area contributed by atoms with E-state index >= 15 is 0 Å². The average molecular weight is 428 g/mol. The number of rotatable bonds is 5. The SMILES string of the molecule is COC1Cc2[nH]c(NCc3ccccc3Br)cc(=O)c2C=C1c1cnco1. The lowest BCUT2D eigenvalue weighted by atomic mass is 9.92. The van der Waals surface area contributed by atoms with Gasteiger partial charge in [-0.2, -0.15) is 0 Å². The van der Waals surface area contributed by atoms with Crippen LogP contribution < -0.4 is 10.7 Å². The number of aromatic amines is 1. The predicted octanol–water partition coefficient (Wildman–Crippen LogP) is 3.85. The second kappa shape index (κ2) is 7.54. The summed E-state index contributed by atoms with van der Waals surface area (Å²) in [5.74, 6) is 1.30. The van der Waals surface area contributed by atoms with Gasteiger partial charge >= 0.3 is 0 Å². The van der Waals surface area contributed by atoms with Crippen molar-refractivity contribution < 1.29 is 9.15 Å². The van der Waals surface area contributed by atoms with Crippen LogP contribution in [0.4, 0.5) is 5.82 Å². The van der Waals surface area contributed by atoms with Crippen molar-refractivity contribution >= 4 is 33.4 Å². The standard InChI is InChI=1S/C20H18BrN3O3/c1-26-18-7-16-13(6-14(18)19-10-22-11-27-19)17(25)8-20(24-16)23-9-12-4-2-3-5-15(12)21/h2-6,8,10-11,18H,7,9H2,1H3,(H2,23,24,25). The molecule has 0 spiro atoms. The van der Waals surface area contributed by atoms with Crippen molar-refractivity contribution in [3.63, 3.8) is 0 Å². The van der Waals surface area contributed by atoms with E-state index in [1.54, 1.807) is 19.4 Å². The third kappa shape index (κ3) is 3.61. The van der Waals surface area contributed by atoms with Crippen molar-refractivity contribution in [3.8, 4) is 0 Å². The van der Waals surface area contributed by atoms with Crippen molar-refractivity contribution in [2.24, 2.45) is 0 Å². The first-order valence-electron chi connectivity index (χ1n) is 8.52. The Bertz CT molecular complexity index is 1040. The van der Waals surface area contributed by atoms with E-state index in [0.717, 1.165) is 21.3 Å². The van der Waals surface area contributed by atoms with Crippen LogP contribution in [-0.4, -0.2) is 23.2 Å². The number of aromatic nitrogens is 2.